The summed E-state index contributed by atoms with van der Waals surface area (Å²) in [5.74, 6) is 0. The van der Waals surface area contributed by atoms with Crippen LogP contribution in [0.2, 0.25) is 0 Å². The Bertz CT molecular complexity index is 292. The molecule has 1 aromatic heterocycles. The van der Waals surface area contributed by atoms with Crippen LogP contribution in [0.15, 0.2) is 16.8 Å². The maximum atomic E-state index is 3.53. The summed E-state index contributed by atoms with van der Waals surface area (Å²) in [7, 11) is 2.20. The van der Waals surface area contributed by atoms with Crippen molar-refractivity contribution in [1.29, 1.82) is 0 Å². The highest BCUT2D eigenvalue weighted by atomic mass is 32.1. The largest absolute Gasteiger partial charge is 0.315 e. The zero-order valence-corrected chi connectivity index (χ0v) is 11.5. The second kappa shape index (κ2) is 7.11. The third-order valence-corrected chi connectivity index (χ3v) is 4.10. The summed E-state index contributed by atoms with van der Waals surface area (Å²) in [4.78, 5) is 4.96. The lowest BCUT2D eigenvalue weighted by atomic mass is 10.2. The van der Waals surface area contributed by atoms with Gasteiger partial charge in [0.05, 0.1) is 0 Å². The Balaban J connectivity index is 1.49. The molecular weight excluding hydrogens is 230 g/mol. The highest BCUT2D eigenvalue weighted by molar-refractivity contribution is 7.07. The van der Waals surface area contributed by atoms with E-state index in [1.165, 1.54) is 38.3 Å². The number of nitrogens with zero attached hydrogens (tertiary/aromatic N) is 2. The SMILES string of the molecule is CN1CCN(CCNCCc2ccsc2)CC1. The summed E-state index contributed by atoms with van der Waals surface area (Å²) < 4.78 is 0. The monoisotopic (exact) mass is 253 g/mol. The van der Waals surface area contributed by atoms with Gasteiger partial charge in [0, 0.05) is 39.3 Å². The summed E-state index contributed by atoms with van der Waals surface area (Å²) in [6.07, 6.45) is 1.16. The molecule has 2 rings (SSSR count). The van der Waals surface area contributed by atoms with E-state index in [1.807, 2.05) is 0 Å². The molecule has 1 saturated heterocycles. The smallest absolute Gasteiger partial charge is 0.0110 e. The average Bonchev–Trinajstić information content (AvgIpc) is 2.84. The van der Waals surface area contributed by atoms with Crippen LogP contribution < -0.4 is 5.32 Å². The second-order valence-electron chi connectivity index (χ2n) is 4.78. The number of rotatable bonds is 6. The fraction of sp³-hybridized carbons (Fsp3) is 0.692. The molecule has 1 aromatic rings. The van der Waals surface area contributed by atoms with Crippen molar-refractivity contribution in [2.45, 2.75) is 6.42 Å². The molecule has 17 heavy (non-hydrogen) atoms. The first-order chi connectivity index (χ1) is 8.34. The summed E-state index contributed by atoms with van der Waals surface area (Å²) >= 11 is 1.79. The molecule has 2 heterocycles. The van der Waals surface area contributed by atoms with E-state index < -0.39 is 0 Å². The molecule has 0 aliphatic carbocycles. The summed E-state index contributed by atoms with van der Waals surface area (Å²) in [6.45, 7) is 8.30. The number of nitrogens with one attached hydrogen (secondary N) is 1. The van der Waals surface area contributed by atoms with Gasteiger partial charge in [-0.2, -0.15) is 11.3 Å². The van der Waals surface area contributed by atoms with Crippen LogP contribution in [0.3, 0.4) is 0 Å². The van der Waals surface area contributed by atoms with Gasteiger partial charge in [-0.05, 0) is 42.4 Å². The Labute approximate surface area is 108 Å². The van der Waals surface area contributed by atoms with Crippen molar-refractivity contribution in [3.05, 3.63) is 22.4 Å². The molecule has 96 valence electrons. The second-order valence-corrected chi connectivity index (χ2v) is 5.56. The average molecular weight is 253 g/mol. The van der Waals surface area contributed by atoms with Gasteiger partial charge in [0.1, 0.15) is 0 Å². The lowest BCUT2D eigenvalue weighted by molar-refractivity contribution is 0.155. The van der Waals surface area contributed by atoms with Crippen LogP contribution in [0, 0.1) is 0 Å². The fourth-order valence-electron chi connectivity index (χ4n) is 2.10. The minimum absolute atomic E-state index is 1.10. The van der Waals surface area contributed by atoms with Gasteiger partial charge in [-0.25, -0.2) is 0 Å². The van der Waals surface area contributed by atoms with Gasteiger partial charge in [-0.3, -0.25) is 4.90 Å². The predicted molar refractivity (Wildman–Crippen MR) is 74.8 cm³/mol. The molecule has 0 saturated carbocycles. The van der Waals surface area contributed by atoms with Crippen molar-refractivity contribution in [3.63, 3.8) is 0 Å². The van der Waals surface area contributed by atoms with Crippen molar-refractivity contribution in [3.8, 4) is 0 Å². The van der Waals surface area contributed by atoms with E-state index in [1.54, 1.807) is 11.3 Å². The minimum atomic E-state index is 1.10. The summed E-state index contributed by atoms with van der Waals surface area (Å²) in [6, 6.07) is 2.22. The molecule has 4 heteroatoms. The molecule has 0 amide bonds. The molecule has 0 radical (unpaired) electrons. The van der Waals surface area contributed by atoms with Gasteiger partial charge in [-0.15, -0.1) is 0 Å². The topological polar surface area (TPSA) is 18.5 Å². The van der Waals surface area contributed by atoms with E-state index in [-0.39, 0.29) is 0 Å². The van der Waals surface area contributed by atoms with Crippen LogP contribution in [0.4, 0.5) is 0 Å². The molecule has 1 aliphatic heterocycles. The molecule has 0 unspecified atom stereocenters. The van der Waals surface area contributed by atoms with Crippen LogP contribution in [-0.2, 0) is 6.42 Å². The lowest BCUT2D eigenvalue weighted by Gasteiger charge is -2.32. The fourth-order valence-corrected chi connectivity index (χ4v) is 2.80. The number of piperazine rings is 1. The van der Waals surface area contributed by atoms with Gasteiger partial charge < -0.3 is 10.2 Å². The first kappa shape index (κ1) is 13.0. The van der Waals surface area contributed by atoms with Crippen molar-refractivity contribution in [2.24, 2.45) is 0 Å². The van der Waals surface area contributed by atoms with Gasteiger partial charge >= 0.3 is 0 Å². The minimum Gasteiger partial charge on any atom is -0.315 e. The van der Waals surface area contributed by atoms with E-state index in [0.29, 0.717) is 0 Å². The molecular formula is C13H23N3S. The Morgan fingerprint density at radius 3 is 2.76 bits per heavy atom. The van der Waals surface area contributed by atoms with Crippen molar-refractivity contribution < 1.29 is 0 Å². The standard InChI is InChI=1S/C13H23N3S/c1-15-7-9-16(10-8-15)6-5-14-4-2-13-3-11-17-12-13/h3,11-12,14H,2,4-10H2,1H3. The number of hydrogen-bond acceptors (Lipinski definition) is 4. The number of hydrogen-bond donors (Lipinski definition) is 1. The van der Waals surface area contributed by atoms with E-state index in [4.69, 9.17) is 0 Å². The van der Waals surface area contributed by atoms with Crippen LogP contribution in [0.1, 0.15) is 5.56 Å². The quantitative estimate of drug-likeness (QED) is 0.767. The Hall–Kier alpha value is -0.420. The molecule has 1 aliphatic rings. The molecule has 3 nitrogen and oxygen atoms in total. The van der Waals surface area contributed by atoms with Gasteiger partial charge in [0.15, 0.2) is 0 Å². The third-order valence-electron chi connectivity index (χ3n) is 3.37. The molecule has 0 aromatic carbocycles. The molecule has 0 atom stereocenters. The van der Waals surface area contributed by atoms with E-state index in [9.17, 15) is 0 Å². The van der Waals surface area contributed by atoms with Crippen LogP contribution >= 0.6 is 11.3 Å². The summed E-state index contributed by atoms with van der Waals surface area (Å²) in [5.41, 5.74) is 1.46. The van der Waals surface area contributed by atoms with Crippen LogP contribution in [0.5, 0.6) is 0 Å². The first-order valence-corrected chi connectivity index (χ1v) is 7.41. The van der Waals surface area contributed by atoms with Crippen molar-refractivity contribution in [2.75, 3.05) is 52.9 Å². The molecule has 0 spiro atoms. The maximum Gasteiger partial charge on any atom is 0.0110 e. The van der Waals surface area contributed by atoms with Gasteiger partial charge in [0.2, 0.25) is 0 Å². The molecule has 0 bridgehead atoms. The molecule has 1 N–H and O–H groups in total. The Morgan fingerprint density at radius 1 is 1.24 bits per heavy atom. The lowest BCUT2D eigenvalue weighted by Crippen LogP contribution is -2.46. The highest BCUT2D eigenvalue weighted by Gasteiger charge is 2.12. The zero-order chi connectivity index (χ0) is 11.9. The van der Waals surface area contributed by atoms with Crippen LogP contribution in [-0.4, -0.2) is 62.7 Å². The predicted octanol–water partition coefficient (Wildman–Crippen LogP) is 1.13. The van der Waals surface area contributed by atoms with Gasteiger partial charge in [0.25, 0.3) is 0 Å². The van der Waals surface area contributed by atoms with E-state index >= 15 is 0 Å². The molecule has 1 fully saturated rings. The van der Waals surface area contributed by atoms with Crippen LogP contribution in [0.25, 0.3) is 0 Å². The Kier molecular flexibility index (Phi) is 5.45. The summed E-state index contributed by atoms with van der Waals surface area (Å²) in [5, 5.41) is 7.92. The van der Waals surface area contributed by atoms with Crippen molar-refractivity contribution >= 4 is 11.3 Å². The first-order valence-electron chi connectivity index (χ1n) is 6.47. The Morgan fingerprint density at radius 2 is 2.06 bits per heavy atom. The van der Waals surface area contributed by atoms with E-state index in [0.717, 1.165) is 19.5 Å². The highest BCUT2D eigenvalue weighted by Crippen LogP contribution is 2.05. The number of likely N-dealkylation sites (N-methyl/N-ethyl adjacent to an activating group) is 1. The normalized spacial score (nSPS) is 18.6. The number of thiophene rings is 1. The maximum absolute atomic E-state index is 3.53. The van der Waals surface area contributed by atoms with Crippen molar-refractivity contribution in [1.82, 2.24) is 15.1 Å². The van der Waals surface area contributed by atoms with Gasteiger partial charge in [-0.1, -0.05) is 0 Å². The third kappa shape index (κ3) is 4.76. The van der Waals surface area contributed by atoms with E-state index in [2.05, 4.69) is 39.0 Å². The zero-order valence-electron chi connectivity index (χ0n) is 10.7.